The summed E-state index contributed by atoms with van der Waals surface area (Å²) in [6, 6.07) is 4.14. The zero-order valence-corrected chi connectivity index (χ0v) is 19.1. The van der Waals surface area contributed by atoms with Gasteiger partial charge in [0.15, 0.2) is 0 Å². The highest BCUT2D eigenvalue weighted by Gasteiger charge is 2.34. The van der Waals surface area contributed by atoms with Crippen LogP contribution in [0.15, 0.2) is 18.2 Å². The molecule has 8 heteroatoms. The third kappa shape index (κ3) is 6.53. The van der Waals surface area contributed by atoms with Crippen LogP contribution in [-0.4, -0.2) is 43.2 Å². The van der Waals surface area contributed by atoms with Gasteiger partial charge in [-0.3, -0.25) is 9.69 Å². The number of anilines is 2. The minimum Gasteiger partial charge on any atom is -0.398 e. The predicted octanol–water partition coefficient (Wildman–Crippen LogP) is 5.01. The maximum atomic E-state index is 13.2. The topological polar surface area (TPSA) is 61.6 Å². The number of nitrogens with two attached hydrogens (primary N) is 1. The van der Waals surface area contributed by atoms with Gasteiger partial charge in [-0.1, -0.05) is 45.4 Å². The number of carbonyl (C=O) groups is 1. The average Bonchev–Trinajstić information content (AvgIpc) is 2.79. The van der Waals surface area contributed by atoms with Crippen LogP contribution in [0, 0.1) is 5.92 Å². The molecule has 1 aromatic carbocycles. The fraction of sp³-hybridized carbons (Fsp3) is 0.708. The van der Waals surface area contributed by atoms with Crippen LogP contribution in [0.5, 0.6) is 0 Å². The van der Waals surface area contributed by atoms with E-state index in [1.807, 2.05) is 4.90 Å². The first kappa shape index (κ1) is 24.7. The molecule has 1 amide bonds. The van der Waals surface area contributed by atoms with Gasteiger partial charge in [0, 0.05) is 43.5 Å². The van der Waals surface area contributed by atoms with Crippen LogP contribution in [0.3, 0.4) is 0 Å². The number of hydrogen-bond donors (Lipinski definition) is 2. The lowest BCUT2D eigenvalue weighted by atomic mass is 9.88. The number of nitrogens with one attached hydrogen (secondary N) is 1. The quantitative estimate of drug-likeness (QED) is 0.428. The summed E-state index contributed by atoms with van der Waals surface area (Å²) in [7, 11) is 0. The van der Waals surface area contributed by atoms with Crippen molar-refractivity contribution < 1.29 is 18.0 Å². The number of amides is 1. The smallest absolute Gasteiger partial charge is 0.398 e. The number of hydrogen-bond acceptors (Lipinski definition) is 4. The highest BCUT2D eigenvalue weighted by Crippen LogP contribution is 2.36. The van der Waals surface area contributed by atoms with E-state index in [0.717, 1.165) is 57.4 Å². The summed E-state index contributed by atoms with van der Waals surface area (Å²) in [4.78, 5) is 17.1. The van der Waals surface area contributed by atoms with Crippen LogP contribution in [0.1, 0.15) is 70.3 Å². The van der Waals surface area contributed by atoms with Crippen molar-refractivity contribution in [1.29, 1.82) is 0 Å². The second-order valence-electron chi connectivity index (χ2n) is 9.15. The molecule has 0 aromatic heterocycles. The molecular weight excluding hydrogens is 417 g/mol. The molecule has 1 aliphatic carbocycles. The monoisotopic (exact) mass is 454 g/mol. The zero-order chi connectivity index (χ0) is 23.1. The molecule has 2 aliphatic rings. The number of halogens is 3. The third-order valence-electron chi connectivity index (χ3n) is 6.83. The summed E-state index contributed by atoms with van der Waals surface area (Å²) in [6.45, 7) is 4.80. The Kier molecular flexibility index (Phi) is 8.68. The Labute approximate surface area is 189 Å². The Bertz CT molecular complexity index is 741. The van der Waals surface area contributed by atoms with E-state index in [2.05, 4.69) is 17.1 Å². The SMILES string of the molecule is CCCCCC(NC(=O)C1CCCCC1)N1CCN(c2ccc(N)c(C(F)(F)F)c2)CC1. The van der Waals surface area contributed by atoms with Gasteiger partial charge in [-0.05, 0) is 37.5 Å². The average molecular weight is 455 g/mol. The second-order valence-corrected chi connectivity index (χ2v) is 9.15. The van der Waals surface area contributed by atoms with Crippen molar-refractivity contribution in [2.45, 2.75) is 77.1 Å². The van der Waals surface area contributed by atoms with Gasteiger partial charge in [0.1, 0.15) is 0 Å². The summed E-state index contributed by atoms with van der Waals surface area (Å²) in [5, 5.41) is 3.31. The van der Waals surface area contributed by atoms with Gasteiger partial charge in [-0.25, -0.2) is 0 Å². The Hall–Kier alpha value is -1.96. The molecule has 180 valence electrons. The fourth-order valence-electron chi connectivity index (χ4n) is 4.86. The van der Waals surface area contributed by atoms with Crippen LogP contribution in [-0.2, 0) is 11.0 Å². The first-order chi connectivity index (χ1) is 15.3. The molecule has 1 aliphatic heterocycles. The molecule has 1 atom stereocenters. The first-order valence-electron chi connectivity index (χ1n) is 12.1. The number of piperazine rings is 1. The molecule has 1 saturated carbocycles. The van der Waals surface area contributed by atoms with Crippen molar-refractivity contribution in [3.8, 4) is 0 Å². The van der Waals surface area contributed by atoms with Gasteiger partial charge in [0.25, 0.3) is 0 Å². The molecular formula is C24H37F3N4O. The highest BCUT2D eigenvalue weighted by atomic mass is 19.4. The third-order valence-corrected chi connectivity index (χ3v) is 6.83. The number of carbonyl (C=O) groups excluding carboxylic acids is 1. The summed E-state index contributed by atoms with van der Waals surface area (Å²) >= 11 is 0. The van der Waals surface area contributed by atoms with Crippen molar-refractivity contribution in [2.75, 3.05) is 36.8 Å². The van der Waals surface area contributed by atoms with E-state index in [-0.39, 0.29) is 23.7 Å². The molecule has 32 heavy (non-hydrogen) atoms. The molecule has 1 aromatic rings. The second kappa shape index (κ2) is 11.3. The summed E-state index contributed by atoms with van der Waals surface area (Å²) < 4.78 is 39.7. The summed E-state index contributed by atoms with van der Waals surface area (Å²) in [5.41, 5.74) is 5.06. The molecule has 0 radical (unpaired) electrons. The van der Waals surface area contributed by atoms with E-state index in [9.17, 15) is 18.0 Å². The maximum Gasteiger partial charge on any atom is 0.418 e. The molecule has 3 N–H and O–H groups in total. The van der Waals surface area contributed by atoms with E-state index < -0.39 is 11.7 Å². The molecule has 0 spiro atoms. The number of rotatable bonds is 8. The van der Waals surface area contributed by atoms with Gasteiger partial charge in [0.2, 0.25) is 5.91 Å². The standard InChI is InChI=1S/C24H37F3N4O/c1-2-3-5-10-22(29-23(32)18-8-6-4-7-9-18)31-15-13-30(14-16-31)19-11-12-21(28)20(17-19)24(25,26)27/h11-12,17-18,22H,2-10,13-16,28H2,1H3,(H,29,32). The Morgan fingerprint density at radius 3 is 2.44 bits per heavy atom. The normalized spacial score (nSPS) is 19.7. The molecule has 5 nitrogen and oxygen atoms in total. The molecule has 0 bridgehead atoms. The molecule has 3 rings (SSSR count). The number of nitrogens with zero attached hydrogens (tertiary/aromatic N) is 2. The van der Waals surface area contributed by atoms with Gasteiger partial charge in [-0.2, -0.15) is 13.2 Å². The van der Waals surface area contributed by atoms with Gasteiger partial charge >= 0.3 is 6.18 Å². The molecule has 1 heterocycles. The highest BCUT2D eigenvalue weighted by molar-refractivity contribution is 5.79. The van der Waals surface area contributed by atoms with Crippen LogP contribution in [0.25, 0.3) is 0 Å². The first-order valence-corrected chi connectivity index (χ1v) is 12.1. The lowest BCUT2D eigenvalue weighted by molar-refractivity contribution is -0.136. The van der Waals surface area contributed by atoms with Gasteiger partial charge in [-0.15, -0.1) is 0 Å². The van der Waals surface area contributed by atoms with Crippen LogP contribution in [0.4, 0.5) is 24.5 Å². The largest absolute Gasteiger partial charge is 0.418 e. The number of benzene rings is 1. The molecule has 1 unspecified atom stereocenters. The maximum absolute atomic E-state index is 13.2. The van der Waals surface area contributed by atoms with Crippen molar-refractivity contribution >= 4 is 17.3 Å². The predicted molar refractivity (Wildman–Crippen MR) is 122 cm³/mol. The minimum atomic E-state index is -4.46. The summed E-state index contributed by atoms with van der Waals surface area (Å²) in [5.74, 6) is 0.288. The number of unbranched alkanes of at least 4 members (excludes halogenated alkanes) is 2. The van der Waals surface area contributed by atoms with Crippen LogP contribution >= 0.6 is 0 Å². The van der Waals surface area contributed by atoms with E-state index >= 15 is 0 Å². The van der Waals surface area contributed by atoms with Gasteiger partial charge in [0.05, 0.1) is 11.7 Å². The summed E-state index contributed by atoms with van der Waals surface area (Å²) in [6.07, 6.45) is 5.15. The molecule has 2 fully saturated rings. The van der Waals surface area contributed by atoms with Gasteiger partial charge < -0.3 is 16.0 Å². The zero-order valence-electron chi connectivity index (χ0n) is 19.1. The minimum absolute atomic E-state index is 0.00437. The Morgan fingerprint density at radius 2 is 1.81 bits per heavy atom. The van der Waals surface area contributed by atoms with E-state index in [1.165, 1.54) is 12.5 Å². The fourth-order valence-corrected chi connectivity index (χ4v) is 4.86. The van der Waals surface area contributed by atoms with E-state index in [4.69, 9.17) is 5.73 Å². The van der Waals surface area contributed by atoms with Crippen LogP contribution < -0.4 is 16.0 Å². The van der Waals surface area contributed by atoms with Crippen molar-refractivity contribution in [1.82, 2.24) is 10.2 Å². The van der Waals surface area contributed by atoms with E-state index in [0.29, 0.717) is 31.9 Å². The van der Waals surface area contributed by atoms with Crippen molar-refractivity contribution in [3.63, 3.8) is 0 Å². The van der Waals surface area contributed by atoms with Crippen molar-refractivity contribution in [3.05, 3.63) is 23.8 Å². The molecule has 1 saturated heterocycles. The number of alkyl halides is 3. The van der Waals surface area contributed by atoms with E-state index in [1.54, 1.807) is 6.07 Å². The van der Waals surface area contributed by atoms with Crippen LogP contribution in [0.2, 0.25) is 0 Å². The van der Waals surface area contributed by atoms with Crippen molar-refractivity contribution in [2.24, 2.45) is 5.92 Å². The Morgan fingerprint density at radius 1 is 1.12 bits per heavy atom. The lowest BCUT2D eigenvalue weighted by Gasteiger charge is -2.41. The lowest BCUT2D eigenvalue weighted by Crippen LogP contribution is -2.56. The number of nitrogen functional groups attached to an aromatic ring is 1. The Balaban J connectivity index is 1.62.